The second-order valence-electron chi connectivity index (χ2n) is 6.88. The maximum absolute atomic E-state index is 13.1. The molecule has 1 heterocycles. The second kappa shape index (κ2) is 9.58. The summed E-state index contributed by atoms with van der Waals surface area (Å²) in [4.78, 5) is 17.6. The Morgan fingerprint density at radius 3 is 2.00 bits per heavy atom. The maximum atomic E-state index is 13.1. The molecule has 7 heteroatoms. The number of carbonyl (C=O) groups excluding carboxylic acids is 1. The van der Waals surface area contributed by atoms with E-state index in [9.17, 15) is 4.79 Å². The number of nitrogens with one attached hydrogen (secondary N) is 2. The first kappa shape index (κ1) is 20.2. The summed E-state index contributed by atoms with van der Waals surface area (Å²) < 4.78 is 6.47. The van der Waals surface area contributed by atoms with Gasteiger partial charge in [-0.05, 0) is 35.4 Å². The Morgan fingerprint density at radius 2 is 1.42 bits per heavy atom. The lowest BCUT2D eigenvalue weighted by molar-refractivity contribution is 0.0947. The fourth-order valence-electron chi connectivity index (χ4n) is 3.05. The van der Waals surface area contributed by atoms with E-state index in [1.165, 1.54) is 4.68 Å². The standard InChI is InChI=1S/C24H23N5O2/c1-31-21-14-12-20(13-15-21)22(30)29-24(26-17-19-10-6-3-7-11-19)27-23(28-29)25-16-18-8-4-2-5-9-18/h2-15H,16-17H2,1H3,(H2,25,26,27,28). The molecule has 0 amide bonds. The van der Waals surface area contributed by atoms with E-state index in [1.54, 1.807) is 31.4 Å². The fourth-order valence-corrected chi connectivity index (χ4v) is 3.05. The third-order valence-electron chi connectivity index (χ3n) is 4.72. The highest BCUT2D eigenvalue weighted by atomic mass is 16.5. The number of hydrogen-bond acceptors (Lipinski definition) is 6. The Hall–Kier alpha value is -4.13. The Kier molecular flexibility index (Phi) is 6.23. The van der Waals surface area contributed by atoms with Gasteiger partial charge in [-0.1, -0.05) is 60.7 Å². The largest absolute Gasteiger partial charge is 0.497 e. The minimum atomic E-state index is -0.279. The van der Waals surface area contributed by atoms with Gasteiger partial charge in [0.1, 0.15) is 5.75 Å². The summed E-state index contributed by atoms with van der Waals surface area (Å²) in [6.07, 6.45) is 0. The summed E-state index contributed by atoms with van der Waals surface area (Å²) in [6.45, 7) is 1.08. The third kappa shape index (κ3) is 5.08. The first-order chi connectivity index (χ1) is 15.2. The summed E-state index contributed by atoms with van der Waals surface area (Å²) in [5.41, 5.74) is 2.66. The maximum Gasteiger partial charge on any atom is 0.281 e. The summed E-state index contributed by atoms with van der Waals surface area (Å²) in [6, 6.07) is 26.8. The van der Waals surface area contributed by atoms with Crippen molar-refractivity contribution in [3.63, 3.8) is 0 Å². The lowest BCUT2D eigenvalue weighted by Crippen LogP contribution is -2.17. The van der Waals surface area contributed by atoms with Crippen molar-refractivity contribution >= 4 is 17.8 Å². The van der Waals surface area contributed by atoms with Gasteiger partial charge in [-0.15, -0.1) is 5.10 Å². The first-order valence-corrected chi connectivity index (χ1v) is 9.94. The van der Waals surface area contributed by atoms with Gasteiger partial charge in [-0.2, -0.15) is 9.67 Å². The van der Waals surface area contributed by atoms with Gasteiger partial charge in [0.25, 0.3) is 5.91 Å². The second-order valence-corrected chi connectivity index (χ2v) is 6.88. The van der Waals surface area contributed by atoms with Crippen molar-refractivity contribution in [1.29, 1.82) is 0 Å². The van der Waals surface area contributed by atoms with Crippen molar-refractivity contribution in [2.75, 3.05) is 17.7 Å². The lowest BCUT2D eigenvalue weighted by Gasteiger charge is -2.07. The molecule has 0 unspecified atom stereocenters. The third-order valence-corrected chi connectivity index (χ3v) is 4.72. The Balaban J connectivity index is 1.57. The molecule has 0 fully saturated rings. The van der Waals surface area contributed by atoms with Crippen LogP contribution in [0.5, 0.6) is 5.75 Å². The van der Waals surface area contributed by atoms with Crippen LogP contribution in [-0.4, -0.2) is 27.8 Å². The quantitative estimate of drug-likeness (QED) is 0.451. The van der Waals surface area contributed by atoms with Crippen molar-refractivity contribution in [3.8, 4) is 5.75 Å². The minimum Gasteiger partial charge on any atom is -0.497 e. The van der Waals surface area contributed by atoms with Crippen LogP contribution in [0, 0.1) is 0 Å². The number of ether oxygens (including phenoxy) is 1. The molecule has 0 aliphatic carbocycles. The van der Waals surface area contributed by atoms with E-state index in [0.29, 0.717) is 36.3 Å². The van der Waals surface area contributed by atoms with E-state index in [4.69, 9.17) is 4.74 Å². The molecule has 4 aromatic rings. The molecule has 156 valence electrons. The molecule has 0 spiro atoms. The fraction of sp³-hybridized carbons (Fsp3) is 0.125. The van der Waals surface area contributed by atoms with Crippen LogP contribution >= 0.6 is 0 Å². The van der Waals surface area contributed by atoms with Crippen molar-refractivity contribution in [2.45, 2.75) is 13.1 Å². The number of hydrogen-bond donors (Lipinski definition) is 2. The number of anilines is 2. The zero-order chi connectivity index (χ0) is 21.5. The van der Waals surface area contributed by atoms with Gasteiger partial charge in [0, 0.05) is 18.7 Å². The molecule has 0 saturated carbocycles. The molecule has 2 N–H and O–H groups in total. The highest BCUT2D eigenvalue weighted by molar-refractivity contribution is 5.97. The molecule has 1 aromatic heterocycles. The van der Waals surface area contributed by atoms with E-state index in [0.717, 1.165) is 11.1 Å². The molecular formula is C24H23N5O2. The summed E-state index contributed by atoms with van der Waals surface area (Å²) in [5, 5.41) is 10.8. The van der Waals surface area contributed by atoms with Crippen LogP contribution < -0.4 is 15.4 Å². The van der Waals surface area contributed by atoms with E-state index < -0.39 is 0 Å². The first-order valence-electron chi connectivity index (χ1n) is 9.94. The number of methoxy groups -OCH3 is 1. The summed E-state index contributed by atoms with van der Waals surface area (Å²) >= 11 is 0. The zero-order valence-electron chi connectivity index (χ0n) is 17.2. The average molecular weight is 413 g/mol. The molecule has 31 heavy (non-hydrogen) atoms. The zero-order valence-corrected chi connectivity index (χ0v) is 17.2. The molecule has 0 aliphatic rings. The molecule has 0 bridgehead atoms. The lowest BCUT2D eigenvalue weighted by atomic mass is 10.2. The van der Waals surface area contributed by atoms with E-state index in [1.807, 2.05) is 60.7 Å². The summed E-state index contributed by atoms with van der Waals surface area (Å²) in [7, 11) is 1.59. The van der Waals surface area contributed by atoms with E-state index in [-0.39, 0.29) is 5.91 Å². The average Bonchev–Trinajstić information content (AvgIpc) is 3.25. The molecule has 7 nitrogen and oxygen atoms in total. The van der Waals surface area contributed by atoms with Crippen molar-refractivity contribution in [2.24, 2.45) is 0 Å². The molecule has 0 atom stereocenters. The summed E-state index contributed by atoms with van der Waals surface area (Å²) in [5.74, 6) is 1.16. The number of nitrogens with zero attached hydrogens (tertiary/aromatic N) is 3. The monoisotopic (exact) mass is 413 g/mol. The van der Waals surface area contributed by atoms with E-state index >= 15 is 0 Å². The topological polar surface area (TPSA) is 81.1 Å². The van der Waals surface area contributed by atoms with Crippen LogP contribution in [0.1, 0.15) is 21.5 Å². The molecule has 4 rings (SSSR count). The number of aromatic nitrogens is 3. The van der Waals surface area contributed by atoms with Crippen molar-refractivity contribution in [3.05, 3.63) is 102 Å². The van der Waals surface area contributed by atoms with Crippen molar-refractivity contribution < 1.29 is 9.53 Å². The predicted molar refractivity (Wildman–Crippen MR) is 120 cm³/mol. The van der Waals surface area contributed by atoms with Crippen LogP contribution in [-0.2, 0) is 13.1 Å². The van der Waals surface area contributed by atoms with Crippen LogP contribution in [0.2, 0.25) is 0 Å². The number of carbonyl (C=O) groups is 1. The van der Waals surface area contributed by atoms with Gasteiger partial charge in [-0.3, -0.25) is 4.79 Å². The van der Waals surface area contributed by atoms with Crippen LogP contribution in [0.3, 0.4) is 0 Å². The minimum absolute atomic E-state index is 0.279. The SMILES string of the molecule is COc1ccc(C(=O)n2nc(NCc3ccccc3)nc2NCc2ccccc2)cc1. The number of rotatable bonds is 8. The normalized spacial score (nSPS) is 10.5. The predicted octanol–water partition coefficient (Wildman–Crippen LogP) is 4.20. The molecule has 0 saturated heterocycles. The Morgan fingerprint density at radius 1 is 0.839 bits per heavy atom. The highest BCUT2D eigenvalue weighted by Gasteiger charge is 2.18. The van der Waals surface area contributed by atoms with Gasteiger partial charge in [0.2, 0.25) is 11.9 Å². The molecule has 0 radical (unpaired) electrons. The Labute approximate surface area is 180 Å². The van der Waals surface area contributed by atoms with Crippen LogP contribution in [0.4, 0.5) is 11.9 Å². The van der Waals surface area contributed by atoms with Gasteiger partial charge >= 0.3 is 0 Å². The molecule has 0 aliphatic heterocycles. The Bertz CT molecular complexity index is 1130. The number of benzene rings is 3. The van der Waals surface area contributed by atoms with Crippen molar-refractivity contribution in [1.82, 2.24) is 14.8 Å². The van der Waals surface area contributed by atoms with Gasteiger partial charge in [0.15, 0.2) is 0 Å². The van der Waals surface area contributed by atoms with Gasteiger partial charge < -0.3 is 15.4 Å². The highest BCUT2D eigenvalue weighted by Crippen LogP contribution is 2.17. The van der Waals surface area contributed by atoms with Gasteiger partial charge in [-0.25, -0.2) is 0 Å². The van der Waals surface area contributed by atoms with Crippen LogP contribution in [0.15, 0.2) is 84.9 Å². The molecule has 3 aromatic carbocycles. The smallest absolute Gasteiger partial charge is 0.281 e. The van der Waals surface area contributed by atoms with Crippen LogP contribution in [0.25, 0.3) is 0 Å². The van der Waals surface area contributed by atoms with Gasteiger partial charge in [0.05, 0.1) is 7.11 Å². The van der Waals surface area contributed by atoms with E-state index in [2.05, 4.69) is 20.7 Å². The molecular weight excluding hydrogens is 390 g/mol.